The molecule has 144 valence electrons. The van der Waals surface area contributed by atoms with E-state index in [1.807, 2.05) is 24.3 Å². The SMILES string of the molecule is O=C1NC(=O)N(c2ccccc2F)C(=O)/C1=C\c1cccn1-c1ccc(Br)cc1. The molecular formula is C21H13BrFN3O3. The molecular weight excluding hydrogens is 441 g/mol. The number of benzene rings is 2. The number of aromatic nitrogens is 1. The Labute approximate surface area is 173 Å². The van der Waals surface area contributed by atoms with Crippen molar-refractivity contribution in [3.63, 3.8) is 0 Å². The number of nitrogens with one attached hydrogen (secondary N) is 1. The summed E-state index contributed by atoms with van der Waals surface area (Å²) in [5.41, 5.74) is 0.867. The van der Waals surface area contributed by atoms with Gasteiger partial charge in [0.2, 0.25) is 0 Å². The molecule has 0 saturated carbocycles. The van der Waals surface area contributed by atoms with E-state index in [0.717, 1.165) is 16.2 Å². The van der Waals surface area contributed by atoms with Gasteiger partial charge in [0.15, 0.2) is 0 Å². The van der Waals surface area contributed by atoms with Crippen LogP contribution in [0.1, 0.15) is 5.69 Å². The van der Waals surface area contributed by atoms with Crippen LogP contribution in [0.25, 0.3) is 11.8 Å². The summed E-state index contributed by atoms with van der Waals surface area (Å²) in [5, 5.41) is 2.09. The van der Waals surface area contributed by atoms with Gasteiger partial charge in [0.25, 0.3) is 11.8 Å². The third-order valence-corrected chi connectivity index (χ3v) is 4.90. The van der Waals surface area contributed by atoms with Gasteiger partial charge in [-0.15, -0.1) is 0 Å². The lowest BCUT2D eigenvalue weighted by Crippen LogP contribution is -2.54. The largest absolute Gasteiger partial charge is 0.336 e. The Morgan fingerprint density at radius 1 is 0.931 bits per heavy atom. The molecule has 1 aliphatic rings. The standard InChI is InChI=1S/C21H13BrFN3O3/c22-13-7-9-14(10-8-13)25-11-3-4-15(25)12-16-19(27)24-21(29)26(20(16)28)18-6-2-1-5-17(18)23/h1-12H,(H,24,27,29)/b16-12-. The lowest BCUT2D eigenvalue weighted by Gasteiger charge is -2.26. The van der Waals surface area contributed by atoms with Crippen LogP contribution >= 0.6 is 15.9 Å². The number of imide groups is 2. The number of anilines is 1. The van der Waals surface area contributed by atoms with Gasteiger partial charge in [-0.25, -0.2) is 14.1 Å². The van der Waals surface area contributed by atoms with E-state index in [0.29, 0.717) is 10.6 Å². The van der Waals surface area contributed by atoms with Crippen LogP contribution in [-0.2, 0) is 9.59 Å². The van der Waals surface area contributed by atoms with Crippen molar-refractivity contribution < 1.29 is 18.8 Å². The molecule has 0 unspecified atom stereocenters. The minimum atomic E-state index is -0.995. The highest BCUT2D eigenvalue weighted by Crippen LogP contribution is 2.25. The van der Waals surface area contributed by atoms with Gasteiger partial charge in [-0.3, -0.25) is 14.9 Å². The number of halogens is 2. The smallest absolute Gasteiger partial charge is 0.317 e. The zero-order valence-electron chi connectivity index (χ0n) is 14.8. The molecule has 1 N–H and O–H groups in total. The molecule has 0 spiro atoms. The van der Waals surface area contributed by atoms with E-state index in [2.05, 4.69) is 21.2 Å². The maximum Gasteiger partial charge on any atom is 0.336 e. The fraction of sp³-hybridized carbons (Fsp3) is 0. The molecule has 0 radical (unpaired) electrons. The van der Waals surface area contributed by atoms with Crippen molar-refractivity contribution in [3.05, 3.63) is 88.4 Å². The van der Waals surface area contributed by atoms with Crippen molar-refractivity contribution in [2.24, 2.45) is 0 Å². The number of urea groups is 1. The van der Waals surface area contributed by atoms with Gasteiger partial charge < -0.3 is 4.57 Å². The highest BCUT2D eigenvalue weighted by atomic mass is 79.9. The number of hydrogen-bond donors (Lipinski definition) is 1. The average molecular weight is 454 g/mol. The minimum absolute atomic E-state index is 0.225. The molecule has 29 heavy (non-hydrogen) atoms. The number of carbonyl (C=O) groups excluding carboxylic acids is 3. The maximum absolute atomic E-state index is 14.2. The first kappa shape index (κ1) is 18.8. The first-order valence-electron chi connectivity index (χ1n) is 8.55. The summed E-state index contributed by atoms with van der Waals surface area (Å²) in [6.07, 6.45) is 3.15. The Balaban J connectivity index is 1.76. The first-order chi connectivity index (χ1) is 14.0. The Hall–Kier alpha value is -3.52. The number of nitrogens with zero attached hydrogens (tertiary/aromatic N) is 2. The van der Waals surface area contributed by atoms with Crippen LogP contribution in [0.4, 0.5) is 14.9 Å². The second kappa shape index (κ2) is 7.48. The van der Waals surface area contributed by atoms with E-state index in [4.69, 9.17) is 0 Å². The number of para-hydroxylation sites is 1. The highest BCUT2D eigenvalue weighted by molar-refractivity contribution is 9.10. The number of hydrogen-bond acceptors (Lipinski definition) is 3. The monoisotopic (exact) mass is 453 g/mol. The summed E-state index contributed by atoms with van der Waals surface area (Å²) in [7, 11) is 0. The fourth-order valence-electron chi connectivity index (χ4n) is 3.01. The van der Waals surface area contributed by atoms with Crippen molar-refractivity contribution in [3.8, 4) is 5.69 Å². The highest BCUT2D eigenvalue weighted by Gasteiger charge is 2.38. The summed E-state index contributed by atoms with van der Waals surface area (Å²) in [6, 6.07) is 15.3. The van der Waals surface area contributed by atoms with Crippen LogP contribution in [0, 0.1) is 5.82 Å². The van der Waals surface area contributed by atoms with Crippen LogP contribution in [0.15, 0.2) is 76.9 Å². The number of carbonyl (C=O) groups is 3. The van der Waals surface area contributed by atoms with E-state index < -0.39 is 23.7 Å². The van der Waals surface area contributed by atoms with Gasteiger partial charge in [0.1, 0.15) is 11.4 Å². The summed E-state index contributed by atoms with van der Waals surface area (Å²) < 4.78 is 16.8. The molecule has 1 aliphatic heterocycles. The zero-order valence-corrected chi connectivity index (χ0v) is 16.4. The Kier molecular flexibility index (Phi) is 4.85. The van der Waals surface area contributed by atoms with E-state index in [-0.39, 0.29) is 11.3 Å². The Morgan fingerprint density at radius 2 is 1.66 bits per heavy atom. The van der Waals surface area contributed by atoms with Crippen molar-refractivity contribution in [1.82, 2.24) is 9.88 Å². The fourth-order valence-corrected chi connectivity index (χ4v) is 3.27. The molecule has 1 fully saturated rings. The summed E-state index contributed by atoms with van der Waals surface area (Å²) >= 11 is 3.38. The lowest BCUT2D eigenvalue weighted by atomic mass is 10.1. The molecule has 6 nitrogen and oxygen atoms in total. The van der Waals surface area contributed by atoms with E-state index >= 15 is 0 Å². The molecule has 0 aliphatic carbocycles. The van der Waals surface area contributed by atoms with Crippen molar-refractivity contribution in [1.29, 1.82) is 0 Å². The molecule has 4 rings (SSSR count). The molecule has 0 bridgehead atoms. The number of amides is 4. The molecule has 1 saturated heterocycles. The summed E-state index contributed by atoms with van der Waals surface area (Å²) in [6.45, 7) is 0. The van der Waals surface area contributed by atoms with Crippen molar-refractivity contribution in [2.45, 2.75) is 0 Å². The van der Waals surface area contributed by atoms with Crippen molar-refractivity contribution in [2.75, 3.05) is 4.90 Å². The number of rotatable bonds is 3. The van der Waals surface area contributed by atoms with Crippen LogP contribution in [0.5, 0.6) is 0 Å². The van der Waals surface area contributed by atoms with Crippen LogP contribution in [0.2, 0.25) is 0 Å². The van der Waals surface area contributed by atoms with Gasteiger partial charge in [-0.1, -0.05) is 28.1 Å². The van der Waals surface area contributed by atoms with Gasteiger partial charge >= 0.3 is 6.03 Å². The normalized spacial score (nSPS) is 15.7. The van der Waals surface area contributed by atoms with E-state index in [1.165, 1.54) is 24.3 Å². The predicted octanol–water partition coefficient (Wildman–Crippen LogP) is 4.05. The molecule has 2 aromatic carbocycles. The van der Waals surface area contributed by atoms with Crippen LogP contribution < -0.4 is 10.2 Å². The molecule has 3 aromatic rings. The average Bonchev–Trinajstić information content (AvgIpc) is 3.15. The lowest BCUT2D eigenvalue weighted by molar-refractivity contribution is -0.122. The van der Waals surface area contributed by atoms with E-state index in [1.54, 1.807) is 22.9 Å². The third kappa shape index (κ3) is 3.50. The second-order valence-corrected chi connectivity index (χ2v) is 7.10. The molecule has 4 amide bonds. The Bertz CT molecular complexity index is 1170. The maximum atomic E-state index is 14.2. The topological polar surface area (TPSA) is 71.4 Å². The van der Waals surface area contributed by atoms with Gasteiger partial charge in [-0.2, -0.15) is 0 Å². The summed E-state index contributed by atoms with van der Waals surface area (Å²) in [4.78, 5) is 38.1. The zero-order chi connectivity index (χ0) is 20.5. The second-order valence-electron chi connectivity index (χ2n) is 6.19. The Morgan fingerprint density at radius 3 is 2.38 bits per heavy atom. The van der Waals surface area contributed by atoms with E-state index in [9.17, 15) is 18.8 Å². The predicted molar refractivity (Wildman–Crippen MR) is 109 cm³/mol. The molecule has 1 aromatic heterocycles. The molecule has 2 heterocycles. The van der Waals surface area contributed by atoms with Crippen LogP contribution in [-0.4, -0.2) is 22.4 Å². The first-order valence-corrected chi connectivity index (χ1v) is 9.34. The molecule has 0 atom stereocenters. The van der Waals surface area contributed by atoms with Crippen LogP contribution in [0.3, 0.4) is 0 Å². The summed E-state index contributed by atoms with van der Waals surface area (Å²) in [5.74, 6) is -2.48. The molecule has 8 heteroatoms. The third-order valence-electron chi connectivity index (χ3n) is 4.37. The van der Waals surface area contributed by atoms with Crippen molar-refractivity contribution >= 4 is 45.5 Å². The quantitative estimate of drug-likeness (QED) is 0.480. The minimum Gasteiger partial charge on any atom is -0.317 e. The van der Waals surface area contributed by atoms with Gasteiger partial charge in [-0.05, 0) is 54.6 Å². The van der Waals surface area contributed by atoms with Gasteiger partial charge in [0, 0.05) is 22.1 Å². The number of barbiturate groups is 1. The van der Waals surface area contributed by atoms with Gasteiger partial charge in [0.05, 0.1) is 5.69 Å².